The van der Waals surface area contributed by atoms with Gasteiger partial charge in [0.2, 0.25) is 0 Å². The Bertz CT molecular complexity index is 597. The summed E-state index contributed by atoms with van der Waals surface area (Å²) in [6.07, 6.45) is 3.04. The third-order valence-corrected chi connectivity index (χ3v) is 3.90. The van der Waals surface area contributed by atoms with Crippen LogP contribution in [-0.2, 0) is 6.42 Å². The first kappa shape index (κ1) is 14.9. The predicted molar refractivity (Wildman–Crippen MR) is 93.9 cm³/mol. The zero-order valence-corrected chi connectivity index (χ0v) is 13.3. The average molecular weight is 302 g/mol. The highest BCUT2D eigenvalue weighted by molar-refractivity contribution is 7.98. The van der Waals surface area contributed by atoms with E-state index in [-0.39, 0.29) is 0 Å². The van der Waals surface area contributed by atoms with Crippen LogP contribution in [0.1, 0.15) is 12.5 Å². The van der Waals surface area contributed by atoms with Gasteiger partial charge in [0.05, 0.1) is 0 Å². The van der Waals surface area contributed by atoms with E-state index in [1.54, 1.807) is 11.8 Å². The van der Waals surface area contributed by atoms with Crippen molar-refractivity contribution in [3.63, 3.8) is 0 Å². The van der Waals surface area contributed by atoms with Crippen LogP contribution in [0.5, 0.6) is 0 Å². The van der Waals surface area contributed by atoms with Crippen molar-refractivity contribution in [3.05, 3.63) is 54.1 Å². The Labute approximate surface area is 130 Å². The van der Waals surface area contributed by atoms with Gasteiger partial charge in [0.25, 0.3) is 0 Å². The summed E-state index contributed by atoms with van der Waals surface area (Å²) in [6, 6.07) is 16.4. The molecule has 2 aromatic rings. The van der Waals surface area contributed by atoms with Gasteiger partial charge in [0.15, 0.2) is 5.11 Å². The van der Waals surface area contributed by atoms with Gasteiger partial charge >= 0.3 is 0 Å². The second kappa shape index (κ2) is 7.31. The SMILES string of the molecule is CCc1ccccc1NC(=S)Nc1cccc(SC)c1. The van der Waals surface area contributed by atoms with Crippen LogP contribution in [0.3, 0.4) is 0 Å². The number of para-hydroxylation sites is 1. The third-order valence-electron chi connectivity index (χ3n) is 2.97. The number of hydrogen-bond donors (Lipinski definition) is 2. The molecule has 0 aromatic heterocycles. The number of aryl methyl sites for hydroxylation is 1. The molecule has 0 bridgehead atoms. The van der Waals surface area contributed by atoms with Crippen LogP contribution in [0.2, 0.25) is 0 Å². The second-order valence-corrected chi connectivity index (χ2v) is 5.61. The first-order chi connectivity index (χ1) is 9.72. The van der Waals surface area contributed by atoms with Crippen molar-refractivity contribution in [2.75, 3.05) is 16.9 Å². The maximum Gasteiger partial charge on any atom is 0.175 e. The summed E-state index contributed by atoms with van der Waals surface area (Å²) < 4.78 is 0. The second-order valence-electron chi connectivity index (χ2n) is 4.32. The summed E-state index contributed by atoms with van der Waals surface area (Å²) in [7, 11) is 0. The zero-order valence-electron chi connectivity index (χ0n) is 11.6. The van der Waals surface area contributed by atoms with E-state index >= 15 is 0 Å². The predicted octanol–water partition coefficient (Wildman–Crippen LogP) is 4.78. The quantitative estimate of drug-likeness (QED) is 0.627. The Morgan fingerprint density at radius 3 is 2.65 bits per heavy atom. The van der Waals surface area contributed by atoms with Gasteiger partial charge in [0.1, 0.15) is 0 Å². The maximum atomic E-state index is 5.38. The first-order valence-electron chi connectivity index (χ1n) is 6.53. The molecule has 2 nitrogen and oxygen atoms in total. The molecular formula is C16H18N2S2. The lowest BCUT2D eigenvalue weighted by Gasteiger charge is -2.13. The van der Waals surface area contributed by atoms with Crippen LogP contribution >= 0.6 is 24.0 Å². The molecule has 0 radical (unpaired) electrons. The molecule has 0 atom stereocenters. The summed E-state index contributed by atoms with van der Waals surface area (Å²) >= 11 is 7.09. The number of thiocarbonyl (C=S) groups is 1. The molecule has 104 valence electrons. The van der Waals surface area contributed by atoms with E-state index in [1.165, 1.54) is 10.5 Å². The molecule has 0 saturated heterocycles. The number of hydrogen-bond acceptors (Lipinski definition) is 2. The van der Waals surface area contributed by atoms with Gasteiger partial charge in [-0.2, -0.15) is 0 Å². The summed E-state index contributed by atoms with van der Waals surface area (Å²) in [5.41, 5.74) is 3.33. The van der Waals surface area contributed by atoms with Crippen molar-refractivity contribution in [1.29, 1.82) is 0 Å². The van der Waals surface area contributed by atoms with E-state index in [9.17, 15) is 0 Å². The van der Waals surface area contributed by atoms with Gasteiger partial charge in [0, 0.05) is 16.3 Å². The highest BCUT2D eigenvalue weighted by atomic mass is 32.2. The highest BCUT2D eigenvalue weighted by Crippen LogP contribution is 2.20. The fraction of sp³-hybridized carbons (Fsp3) is 0.188. The molecule has 0 heterocycles. The highest BCUT2D eigenvalue weighted by Gasteiger charge is 2.03. The van der Waals surface area contributed by atoms with Gasteiger partial charge in [-0.1, -0.05) is 31.2 Å². The molecule has 0 spiro atoms. The van der Waals surface area contributed by atoms with Gasteiger partial charge in [-0.15, -0.1) is 11.8 Å². The molecule has 0 aliphatic heterocycles. The maximum absolute atomic E-state index is 5.38. The van der Waals surface area contributed by atoms with Crippen LogP contribution in [-0.4, -0.2) is 11.4 Å². The monoisotopic (exact) mass is 302 g/mol. The van der Waals surface area contributed by atoms with Gasteiger partial charge < -0.3 is 10.6 Å². The molecular weight excluding hydrogens is 284 g/mol. The van der Waals surface area contributed by atoms with Crippen LogP contribution in [0.4, 0.5) is 11.4 Å². The lowest BCUT2D eigenvalue weighted by atomic mass is 10.1. The third kappa shape index (κ3) is 3.99. The number of rotatable bonds is 4. The van der Waals surface area contributed by atoms with Crippen LogP contribution in [0, 0.1) is 0 Å². The van der Waals surface area contributed by atoms with Crippen LogP contribution in [0.25, 0.3) is 0 Å². The van der Waals surface area contributed by atoms with Crippen molar-refractivity contribution in [2.45, 2.75) is 18.2 Å². The fourth-order valence-corrected chi connectivity index (χ4v) is 2.62. The van der Waals surface area contributed by atoms with Gasteiger partial charge in [-0.05, 0) is 54.7 Å². The van der Waals surface area contributed by atoms with Crippen LogP contribution in [0.15, 0.2) is 53.4 Å². The zero-order chi connectivity index (χ0) is 14.4. The van der Waals surface area contributed by atoms with Crippen molar-refractivity contribution in [1.82, 2.24) is 0 Å². The first-order valence-corrected chi connectivity index (χ1v) is 8.16. The Hall–Kier alpha value is -1.52. The molecule has 2 rings (SSSR count). The molecule has 2 aromatic carbocycles. The number of nitrogens with one attached hydrogen (secondary N) is 2. The molecule has 4 heteroatoms. The summed E-state index contributed by atoms with van der Waals surface area (Å²) in [4.78, 5) is 1.21. The summed E-state index contributed by atoms with van der Waals surface area (Å²) in [5.74, 6) is 0. The molecule has 0 amide bonds. The topological polar surface area (TPSA) is 24.1 Å². The lowest BCUT2D eigenvalue weighted by molar-refractivity contribution is 1.14. The average Bonchev–Trinajstić information content (AvgIpc) is 2.48. The minimum absolute atomic E-state index is 0.615. The molecule has 20 heavy (non-hydrogen) atoms. The Balaban J connectivity index is 2.05. The minimum Gasteiger partial charge on any atom is -0.332 e. The van der Waals surface area contributed by atoms with Crippen molar-refractivity contribution < 1.29 is 0 Å². The number of thioether (sulfide) groups is 1. The molecule has 0 aliphatic rings. The fourth-order valence-electron chi connectivity index (χ4n) is 1.94. The van der Waals surface area contributed by atoms with E-state index in [0.29, 0.717) is 5.11 Å². The van der Waals surface area contributed by atoms with E-state index in [4.69, 9.17) is 12.2 Å². The van der Waals surface area contributed by atoms with E-state index in [0.717, 1.165) is 17.8 Å². The Morgan fingerprint density at radius 1 is 1.10 bits per heavy atom. The minimum atomic E-state index is 0.615. The van der Waals surface area contributed by atoms with Gasteiger partial charge in [-0.25, -0.2) is 0 Å². The van der Waals surface area contributed by atoms with Crippen molar-refractivity contribution >= 4 is 40.5 Å². The number of anilines is 2. The standard InChI is InChI=1S/C16H18N2S2/c1-3-12-7-4-5-10-15(12)18-16(19)17-13-8-6-9-14(11-13)20-2/h4-11H,3H2,1-2H3,(H2,17,18,19). The van der Waals surface area contributed by atoms with E-state index < -0.39 is 0 Å². The largest absolute Gasteiger partial charge is 0.332 e. The smallest absolute Gasteiger partial charge is 0.175 e. The van der Waals surface area contributed by atoms with Crippen LogP contribution < -0.4 is 10.6 Å². The van der Waals surface area contributed by atoms with Crippen molar-refractivity contribution in [3.8, 4) is 0 Å². The molecule has 2 N–H and O–H groups in total. The molecule has 0 fully saturated rings. The molecule has 0 unspecified atom stereocenters. The Kier molecular flexibility index (Phi) is 5.44. The summed E-state index contributed by atoms with van der Waals surface area (Å²) in [6.45, 7) is 2.14. The lowest BCUT2D eigenvalue weighted by Crippen LogP contribution is -2.19. The molecule has 0 aliphatic carbocycles. The number of benzene rings is 2. The van der Waals surface area contributed by atoms with Gasteiger partial charge in [-0.3, -0.25) is 0 Å². The molecule has 0 saturated carbocycles. The van der Waals surface area contributed by atoms with E-state index in [2.05, 4.69) is 42.0 Å². The Morgan fingerprint density at radius 2 is 1.90 bits per heavy atom. The van der Waals surface area contributed by atoms with E-state index in [1.807, 2.05) is 30.3 Å². The summed E-state index contributed by atoms with van der Waals surface area (Å²) in [5, 5.41) is 7.10. The van der Waals surface area contributed by atoms with Crippen molar-refractivity contribution in [2.24, 2.45) is 0 Å². The normalized spacial score (nSPS) is 10.1.